The third-order valence-electron chi connectivity index (χ3n) is 2.82. The Morgan fingerprint density at radius 2 is 2.00 bits per heavy atom. The van der Waals surface area contributed by atoms with E-state index in [0.29, 0.717) is 10.8 Å². The Balaban J connectivity index is 2.10. The number of hydrogen-bond donors (Lipinski definition) is 1. The van der Waals surface area contributed by atoms with Gasteiger partial charge in [-0.15, -0.1) is 11.3 Å². The average molecular weight is 310 g/mol. The second-order valence-corrected chi connectivity index (χ2v) is 5.66. The van der Waals surface area contributed by atoms with Crippen LogP contribution < -0.4 is 5.32 Å². The van der Waals surface area contributed by atoms with E-state index in [2.05, 4.69) is 15.3 Å². The maximum atomic E-state index is 6.11. The van der Waals surface area contributed by atoms with Gasteiger partial charge >= 0.3 is 0 Å². The van der Waals surface area contributed by atoms with E-state index in [-0.39, 0.29) is 5.28 Å². The Labute approximate surface area is 124 Å². The molecule has 3 rings (SSSR count). The zero-order chi connectivity index (χ0) is 13.4. The van der Waals surface area contributed by atoms with Crippen molar-refractivity contribution in [1.29, 1.82) is 0 Å². The standard InChI is InChI=1S/C13H9Cl2N3S/c1-7-9(14)3-2-4-10(7)16-11-8-5-6-19-12(8)18-13(15)17-11/h2-6H,1H3,(H,16,17,18). The molecule has 0 aliphatic heterocycles. The molecule has 3 aromatic rings. The van der Waals surface area contributed by atoms with Crippen LogP contribution in [0.25, 0.3) is 10.2 Å². The summed E-state index contributed by atoms with van der Waals surface area (Å²) in [7, 11) is 0. The van der Waals surface area contributed by atoms with Crippen molar-refractivity contribution >= 4 is 56.3 Å². The third kappa shape index (κ3) is 2.39. The quantitative estimate of drug-likeness (QED) is 0.673. The fraction of sp³-hybridized carbons (Fsp3) is 0.0769. The second kappa shape index (κ2) is 4.96. The lowest BCUT2D eigenvalue weighted by Crippen LogP contribution is -1.97. The number of rotatable bonds is 2. The zero-order valence-corrected chi connectivity index (χ0v) is 12.3. The number of nitrogens with zero attached hydrogens (tertiary/aromatic N) is 2. The van der Waals surface area contributed by atoms with Crippen LogP contribution in [0.2, 0.25) is 10.3 Å². The molecule has 0 radical (unpaired) electrons. The third-order valence-corrected chi connectivity index (χ3v) is 4.20. The SMILES string of the molecule is Cc1c(Cl)cccc1Nc1nc(Cl)nc2sccc12. The average Bonchev–Trinajstić information content (AvgIpc) is 2.83. The molecule has 0 unspecified atom stereocenters. The first-order chi connectivity index (χ1) is 9.15. The number of halogens is 2. The van der Waals surface area contributed by atoms with Crippen molar-refractivity contribution in [1.82, 2.24) is 9.97 Å². The summed E-state index contributed by atoms with van der Waals surface area (Å²) in [4.78, 5) is 9.29. The van der Waals surface area contributed by atoms with Crippen LogP contribution in [-0.2, 0) is 0 Å². The number of anilines is 2. The molecule has 0 aliphatic carbocycles. The Hall–Kier alpha value is -1.36. The van der Waals surface area contributed by atoms with Gasteiger partial charge in [0.25, 0.3) is 0 Å². The van der Waals surface area contributed by atoms with E-state index in [1.54, 1.807) is 0 Å². The molecular formula is C13H9Cl2N3S. The summed E-state index contributed by atoms with van der Waals surface area (Å²) in [5.41, 5.74) is 1.89. The lowest BCUT2D eigenvalue weighted by Gasteiger charge is -2.10. The summed E-state index contributed by atoms with van der Waals surface area (Å²) < 4.78 is 0. The largest absolute Gasteiger partial charge is 0.339 e. The van der Waals surface area contributed by atoms with Crippen molar-refractivity contribution in [3.8, 4) is 0 Å². The topological polar surface area (TPSA) is 37.8 Å². The number of aromatic nitrogens is 2. The van der Waals surface area contributed by atoms with Gasteiger partial charge in [0.2, 0.25) is 5.28 Å². The smallest absolute Gasteiger partial charge is 0.225 e. The van der Waals surface area contributed by atoms with Crippen molar-refractivity contribution in [3.63, 3.8) is 0 Å². The summed E-state index contributed by atoms with van der Waals surface area (Å²) in [6.45, 7) is 1.96. The first kappa shape index (κ1) is 12.7. The summed E-state index contributed by atoms with van der Waals surface area (Å²) in [5, 5.41) is 7.13. The van der Waals surface area contributed by atoms with Crippen molar-refractivity contribution in [2.45, 2.75) is 6.92 Å². The number of thiophene rings is 1. The molecular weight excluding hydrogens is 301 g/mol. The Kier molecular flexibility index (Phi) is 3.31. The van der Waals surface area contributed by atoms with Gasteiger partial charge in [-0.2, -0.15) is 4.98 Å². The fourth-order valence-electron chi connectivity index (χ4n) is 1.80. The fourth-order valence-corrected chi connectivity index (χ4v) is 2.95. The summed E-state index contributed by atoms with van der Waals surface area (Å²) in [5.74, 6) is 0.696. The van der Waals surface area contributed by atoms with Crippen LogP contribution in [-0.4, -0.2) is 9.97 Å². The first-order valence-corrected chi connectivity index (χ1v) is 7.21. The Morgan fingerprint density at radius 1 is 1.16 bits per heavy atom. The van der Waals surface area contributed by atoms with Gasteiger partial charge in [0.15, 0.2) is 0 Å². The van der Waals surface area contributed by atoms with Gasteiger partial charge in [-0.05, 0) is 47.7 Å². The molecule has 0 spiro atoms. The predicted octanol–water partition coefficient (Wildman–Crippen LogP) is 5.05. The number of benzene rings is 1. The molecule has 0 saturated carbocycles. The maximum Gasteiger partial charge on any atom is 0.225 e. The normalized spacial score (nSPS) is 10.9. The molecule has 1 N–H and O–H groups in total. The summed E-state index contributed by atoms with van der Waals surface area (Å²) >= 11 is 13.6. The molecule has 0 amide bonds. The number of nitrogens with one attached hydrogen (secondary N) is 1. The van der Waals surface area contributed by atoms with Crippen molar-refractivity contribution in [2.75, 3.05) is 5.32 Å². The highest BCUT2D eigenvalue weighted by Crippen LogP contribution is 2.31. The van der Waals surface area contributed by atoms with E-state index in [1.165, 1.54) is 11.3 Å². The van der Waals surface area contributed by atoms with Crippen LogP contribution in [0.15, 0.2) is 29.6 Å². The minimum Gasteiger partial charge on any atom is -0.339 e. The highest BCUT2D eigenvalue weighted by atomic mass is 35.5. The monoisotopic (exact) mass is 309 g/mol. The second-order valence-electron chi connectivity index (χ2n) is 4.02. The molecule has 2 aromatic heterocycles. The molecule has 19 heavy (non-hydrogen) atoms. The van der Waals surface area contributed by atoms with E-state index in [0.717, 1.165) is 21.5 Å². The van der Waals surface area contributed by atoms with Gasteiger partial charge in [0, 0.05) is 10.7 Å². The Bertz CT molecular complexity index is 755. The van der Waals surface area contributed by atoms with Gasteiger partial charge in [0.05, 0.1) is 5.39 Å². The van der Waals surface area contributed by atoms with E-state index in [4.69, 9.17) is 23.2 Å². The highest BCUT2D eigenvalue weighted by molar-refractivity contribution is 7.16. The molecule has 1 aromatic carbocycles. The summed E-state index contributed by atoms with van der Waals surface area (Å²) in [6.07, 6.45) is 0. The van der Waals surface area contributed by atoms with Gasteiger partial charge in [-0.1, -0.05) is 17.7 Å². The molecule has 0 fully saturated rings. The molecule has 0 saturated heterocycles. The lowest BCUT2D eigenvalue weighted by molar-refractivity contribution is 1.23. The molecule has 0 bridgehead atoms. The zero-order valence-electron chi connectivity index (χ0n) is 9.95. The number of fused-ring (bicyclic) bond motifs is 1. The van der Waals surface area contributed by atoms with Crippen molar-refractivity contribution in [2.24, 2.45) is 0 Å². The molecule has 2 heterocycles. The van der Waals surface area contributed by atoms with E-state index in [9.17, 15) is 0 Å². The van der Waals surface area contributed by atoms with Crippen LogP contribution in [0.5, 0.6) is 0 Å². The van der Waals surface area contributed by atoms with Gasteiger partial charge in [0.1, 0.15) is 10.6 Å². The van der Waals surface area contributed by atoms with Gasteiger partial charge in [-0.3, -0.25) is 0 Å². The van der Waals surface area contributed by atoms with E-state index >= 15 is 0 Å². The molecule has 96 valence electrons. The number of hydrogen-bond acceptors (Lipinski definition) is 4. The Morgan fingerprint density at radius 3 is 2.84 bits per heavy atom. The summed E-state index contributed by atoms with van der Waals surface area (Å²) in [6, 6.07) is 7.68. The van der Waals surface area contributed by atoms with Crippen LogP contribution in [0.3, 0.4) is 0 Å². The molecule has 0 atom stereocenters. The van der Waals surface area contributed by atoms with E-state index < -0.39 is 0 Å². The minimum atomic E-state index is 0.233. The van der Waals surface area contributed by atoms with Crippen molar-refractivity contribution in [3.05, 3.63) is 45.5 Å². The molecule has 6 heteroatoms. The van der Waals surface area contributed by atoms with Crippen LogP contribution in [0.4, 0.5) is 11.5 Å². The van der Waals surface area contributed by atoms with Gasteiger partial charge in [-0.25, -0.2) is 4.98 Å². The van der Waals surface area contributed by atoms with E-state index in [1.807, 2.05) is 36.6 Å². The molecule has 0 aliphatic rings. The maximum absolute atomic E-state index is 6.11. The predicted molar refractivity (Wildman–Crippen MR) is 81.9 cm³/mol. The van der Waals surface area contributed by atoms with Crippen LogP contribution in [0, 0.1) is 6.92 Å². The lowest BCUT2D eigenvalue weighted by atomic mass is 10.2. The van der Waals surface area contributed by atoms with Gasteiger partial charge < -0.3 is 5.32 Å². The molecule has 3 nitrogen and oxygen atoms in total. The first-order valence-electron chi connectivity index (χ1n) is 5.58. The van der Waals surface area contributed by atoms with Crippen LogP contribution in [0.1, 0.15) is 5.56 Å². The minimum absolute atomic E-state index is 0.233. The van der Waals surface area contributed by atoms with Crippen molar-refractivity contribution < 1.29 is 0 Å². The van der Waals surface area contributed by atoms with Crippen LogP contribution >= 0.6 is 34.5 Å². The highest BCUT2D eigenvalue weighted by Gasteiger charge is 2.10.